The molecule has 0 aromatic heterocycles. The van der Waals surface area contributed by atoms with Gasteiger partial charge in [0, 0.05) is 12.8 Å². The molecule has 0 spiro atoms. The SMILES string of the molecule is CNCCCCOC1C=CC=C(C=N)C=C1. The van der Waals surface area contributed by atoms with Crippen LogP contribution < -0.4 is 5.32 Å². The van der Waals surface area contributed by atoms with Crippen LogP contribution in [0.5, 0.6) is 0 Å². The van der Waals surface area contributed by atoms with E-state index in [-0.39, 0.29) is 6.10 Å². The summed E-state index contributed by atoms with van der Waals surface area (Å²) < 4.78 is 5.69. The topological polar surface area (TPSA) is 45.1 Å². The molecule has 16 heavy (non-hydrogen) atoms. The summed E-state index contributed by atoms with van der Waals surface area (Å²) in [4.78, 5) is 0. The first kappa shape index (κ1) is 12.9. The van der Waals surface area contributed by atoms with Crippen molar-refractivity contribution < 1.29 is 4.74 Å². The lowest BCUT2D eigenvalue weighted by atomic mass is 10.2. The normalized spacial score (nSPS) is 19.3. The van der Waals surface area contributed by atoms with Crippen LogP contribution in [0.4, 0.5) is 0 Å². The molecule has 1 aliphatic carbocycles. The third kappa shape index (κ3) is 5.05. The van der Waals surface area contributed by atoms with Gasteiger partial charge in [-0.2, -0.15) is 0 Å². The predicted molar refractivity (Wildman–Crippen MR) is 68.0 cm³/mol. The lowest BCUT2D eigenvalue weighted by Gasteiger charge is -2.09. The molecular weight excluding hydrogens is 200 g/mol. The van der Waals surface area contributed by atoms with Crippen molar-refractivity contribution in [3.63, 3.8) is 0 Å². The number of ether oxygens (including phenoxy) is 1. The standard InChI is InChI=1S/C13H20N2O/c1-15-9-2-3-10-16-13-6-4-5-12(11-14)7-8-13/h4-8,11,13-15H,2-3,9-10H2,1H3. The van der Waals surface area contributed by atoms with Crippen LogP contribution in [0.15, 0.2) is 36.0 Å². The Hall–Kier alpha value is -1.19. The summed E-state index contributed by atoms with van der Waals surface area (Å²) >= 11 is 0. The second kappa shape index (κ2) is 8.02. The Bertz CT molecular complexity index is 292. The maximum Gasteiger partial charge on any atom is 0.0943 e. The van der Waals surface area contributed by atoms with E-state index in [1.807, 2.05) is 37.4 Å². The van der Waals surface area contributed by atoms with Gasteiger partial charge in [0.2, 0.25) is 0 Å². The average Bonchev–Trinajstić information content (AvgIpc) is 2.54. The van der Waals surface area contributed by atoms with Gasteiger partial charge in [-0.3, -0.25) is 0 Å². The van der Waals surface area contributed by atoms with Crippen LogP contribution in [0.25, 0.3) is 0 Å². The highest BCUT2D eigenvalue weighted by molar-refractivity contribution is 5.80. The summed E-state index contributed by atoms with van der Waals surface area (Å²) in [5.41, 5.74) is 0.900. The zero-order chi connectivity index (χ0) is 11.6. The fraction of sp³-hybridized carbons (Fsp3) is 0.462. The van der Waals surface area contributed by atoms with Crippen LogP contribution in [0.3, 0.4) is 0 Å². The van der Waals surface area contributed by atoms with Gasteiger partial charge < -0.3 is 15.5 Å². The smallest absolute Gasteiger partial charge is 0.0943 e. The number of hydrogen-bond donors (Lipinski definition) is 2. The highest BCUT2D eigenvalue weighted by atomic mass is 16.5. The first-order valence-electron chi connectivity index (χ1n) is 5.70. The molecule has 0 radical (unpaired) electrons. The zero-order valence-electron chi connectivity index (χ0n) is 9.78. The summed E-state index contributed by atoms with van der Waals surface area (Å²) in [5.74, 6) is 0. The molecular formula is C13H20N2O. The van der Waals surface area contributed by atoms with Gasteiger partial charge in [-0.05, 0) is 32.0 Å². The molecule has 1 rings (SSSR count). The molecule has 0 saturated heterocycles. The van der Waals surface area contributed by atoms with Crippen LogP contribution in [0.1, 0.15) is 12.8 Å². The van der Waals surface area contributed by atoms with Gasteiger partial charge in [0.15, 0.2) is 0 Å². The van der Waals surface area contributed by atoms with Crippen molar-refractivity contribution in [3.8, 4) is 0 Å². The van der Waals surface area contributed by atoms with Crippen molar-refractivity contribution >= 4 is 6.21 Å². The Kier molecular flexibility index (Phi) is 6.45. The molecule has 3 nitrogen and oxygen atoms in total. The van der Waals surface area contributed by atoms with Crippen molar-refractivity contribution in [3.05, 3.63) is 36.0 Å². The largest absolute Gasteiger partial charge is 0.370 e. The minimum atomic E-state index is 0.0447. The molecule has 0 amide bonds. The third-order valence-corrected chi connectivity index (χ3v) is 2.37. The van der Waals surface area contributed by atoms with E-state index >= 15 is 0 Å². The van der Waals surface area contributed by atoms with Gasteiger partial charge in [0.05, 0.1) is 6.10 Å². The van der Waals surface area contributed by atoms with E-state index < -0.39 is 0 Å². The first-order chi connectivity index (χ1) is 7.86. The predicted octanol–water partition coefficient (Wildman–Crippen LogP) is 2.07. The van der Waals surface area contributed by atoms with Gasteiger partial charge in [0.1, 0.15) is 0 Å². The molecule has 0 saturated carbocycles. The van der Waals surface area contributed by atoms with Crippen LogP contribution in [-0.4, -0.2) is 32.5 Å². The molecule has 88 valence electrons. The molecule has 1 unspecified atom stereocenters. The van der Waals surface area contributed by atoms with E-state index in [1.165, 1.54) is 6.21 Å². The minimum absolute atomic E-state index is 0.0447. The molecule has 3 heteroatoms. The monoisotopic (exact) mass is 220 g/mol. The van der Waals surface area contributed by atoms with Crippen LogP contribution in [0, 0.1) is 5.41 Å². The second-order valence-corrected chi connectivity index (χ2v) is 3.70. The second-order valence-electron chi connectivity index (χ2n) is 3.70. The number of allylic oxidation sites excluding steroid dienone is 4. The molecule has 0 aromatic rings. The minimum Gasteiger partial charge on any atom is -0.370 e. The molecule has 1 atom stereocenters. The third-order valence-electron chi connectivity index (χ3n) is 2.37. The van der Waals surface area contributed by atoms with Crippen molar-refractivity contribution in [2.45, 2.75) is 18.9 Å². The molecule has 0 heterocycles. The summed E-state index contributed by atoms with van der Waals surface area (Å²) in [7, 11) is 1.96. The van der Waals surface area contributed by atoms with E-state index in [2.05, 4.69) is 5.32 Å². The summed E-state index contributed by atoms with van der Waals surface area (Å²) in [5, 5.41) is 10.3. The first-order valence-corrected chi connectivity index (χ1v) is 5.70. The quantitative estimate of drug-likeness (QED) is 0.509. The van der Waals surface area contributed by atoms with Crippen molar-refractivity contribution in [2.24, 2.45) is 0 Å². The van der Waals surface area contributed by atoms with E-state index in [1.54, 1.807) is 0 Å². The lowest BCUT2D eigenvalue weighted by Crippen LogP contribution is -2.11. The van der Waals surface area contributed by atoms with Crippen molar-refractivity contribution in [2.75, 3.05) is 20.2 Å². The Morgan fingerprint density at radius 3 is 3.06 bits per heavy atom. The summed E-state index contributed by atoms with van der Waals surface area (Å²) in [6.07, 6.45) is 13.4. The molecule has 0 aromatic carbocycles. The Morgan fingerprint density at radius 1 is 1.44 bits per heavy atom. The van der Waals surface area contributed by atoms with Gasteiger partial charge in [0.25, 0.3) is 0 Å². The number of hydrogen-bond acceptors (Lipinski definition) is 3. The number of nitrogens with one attached hydrogen (secondary N) is 2. The Labute approximate surface area is 97.4 Å². The molecule has 0 bridgehead atoms. The van der Waals surface area contributed by atoms with Gasteiger partial charge in [-0.15, -0.1) is 0 Å². The van der Waals surface area contributed by atoms with Crippen LogP contribution in [0.2, 0.25) is 0 Å². The molecule has 2 N–H and O–H groups in total. The maximum atomic E-state index is 7.15. The van der Waals surface area contributed by atoms with Crippen LogP contribution >= 0.6 is 0 Å². The Balaban J connectivity index is 2.22. The molecule has 1 aliphatic rings. The van der Waals surface area contributed by atoms with E-state index in [4.69, 9.17) is 10.1 Å². The van der Waals surface area contributed by atoms with Crippen LogP contribution in [-0.2, 0) is 4.74 Å². The lowest BCUT2D eigenvalue weighted by molar-refractivity contribution is 0.112. The zero-order valence-corrected chi connectivity index (χ0v) is 9.78. The van der Waals surface area contributed by atoms with Gasteiger partial charge >= 0.3 is 0 Å². The van der Waals surface area contributed by atoms with Crippen molar-refractivity contribution in [1.82, 2.24) is 5.32 Å². The van der Waals surface area contributed by atoms with Crippen molar-refractivity contribution in [1.29, 1.82) is 5.41 Å². The van der Waals surface area contributed by atoms with Gasteiger partial charge in [-0.1, -0.05) is 30.4 Å². The summed E-state index contributed by atoms with van der Waals surface area (Å²) in [6, 6.07) is 0. The van der Waals surface area contributed by atoms with E-state index in [0.717, 1.165) is 31.6 Å². The Morgan fingerprint density at radius 2 is 2.31 bits per heavy atom. The van der Waals surface area contributed by atoms with E-state index in [0.29, 0.717) is 0 Å². The highest BCUT2D eigenvalue weighted by Gasteiger charge is 2.01. The molecule has 0 aliphatic heterocycles. The number of unbranched alkanes of at least 4 members (excludes halogenated alkanes) is 1. The maximum absolute atomic E-state index is 7.15. The molecule has 0 fully saturated rings. The highest BCUT2D eigenvalue weighted by Crippen LogP contribution is 2.06. The van der Waals surface area contributed by atoms with E-state index in [9.17, 15) is 0 Å². The van der Waals surface area contributed by atoms with Gasteiger partial charge in [-0.25, -0.2) is 0 Å². The summed E-state index contributed by atoms with van der Waals surface area (Å²) in [6.45, 7) is 1.82. The number of rotatable bonds is 7. The fourth-order valence-electron chi connectivity index (χ4n) is 1.43. The average molecular weight is 220 g/mol. The fourth-order valence-corrected chi connectivity index (χ4v) is 1.43.